The largest absolute Gasteiger partial charge is 0.493 e. The lowest BCUT2D eigenvalue weighted by Gasteiger charge is -2.34. The molecule has 0 bridgehead atoms. The van der Waals surface area contributed by atoms with Crippen molar-refractivity contribution in [1.82, 2.24) is 0 Å². The zero-order valence-electron chi connectivity index (χ0n) is 10.8. The van der Waals surface area contributed by atoms with Gasteiger partial charge in [-0.1, -0.05) is 37.5 Å². The maximum atomic E-state index is 10.5. The van der Waals surface area contributed by atoms with Crippen molar-refractivity contribution in [3.05, 3.63) is 29.8 Å². The molecule has 0 saturated heterocycles. The first-order valence-corrected chi connectivity index (χ1v) is 7.23. The first-order valence-electron chi connectivity index (χ1n) is 7.23. The van der Waals surface area contributed by atoms with E-state index in [4.69, 9.17) is 4.74 Å². The van der Waals surface area contributed by atoms with Crippen LogP contribution in [0, 0.1) is 11.8 Å². The summed E-state index contributed by atoms with van der Waals surface area (Å²) in [6.45, 7) is 0.675. The Bertz CT molecular complexity index is 396. The van der Waals surface area contributed by atoms with Crippen LogP contribution < -0.4 is 4.74 Å². The van der Waals surface area contributed by atoms with Crippen LogP contribution in [0.5, 0.6) is 5.75 Å². The fourth-order valence-electron chi connectivity index (χ4n) is 3.43. The van der Waals surface area contributed by atoms with Gasteiger partial charge in [0.05, 0.1) is 12.7 Å². The van der Waals surface area contributed by atoms with E-state index in [1.165, 1.54) is 37.7 Å². The molecule has 2 aliphatic rings. The maximum absolute atomic E-state index is 10.5. The van der Waals surface area contributed by atoms with Gasteiger partial charge in [0.1, 0.15) is 5.75 Å². The molecule has 2 atom stereocenters. The third kappa shape index (κ3) is 2.39. The van der Waals surface area contributed by atoms with Crippen LogP contribution >= 0.6 is 0 Å². The molecular weight excluding hydrogens is 224 g/mol. The van der Waals surface area contributed by atoms with Crippen molar-refractivity contribution >= 4 is 0 Å². The lowest BCUT2D eigenvalue weighted by Crippen LogP contribution is -2.37. The Morgan fingerprint density at radius 1 is 1.06 bits per heavy atom. The highest BCUT2D eigenvalue weighted by molar-refractivity contribution is 5.35. The molecule has 0 amide bonds. The molecule has 1 fully saturated rings. The quantitative estimate of drug-likeness (QED) is 0.868. The molecule has 2 nitrogen and oxygen atoms in total. The molecule has 1 heterocycles. The van der Waals surface area contributed by atoms with Crippen LogP contribution in [0.2, 0.25) is 0 Å². The molecule has 0 aromatic heterocycles. The number of ether oxygens (including phenoxy) is 1. The molecule has 18 heavy (non-hydrogen) atoms. The molecule has 1 aromatic rings. The second kappa shape index (κ2) is 5.31. The van der Waals surface area contributed by atoms with Crippen LogP contribution in [-0.2, 0) is 6.42 Å². The molecule has 1 aromatic carbocycles. The van der Waals surface area contributed by atoms with Gasteiger partial charge in [-0.05, 0) is 36.8 Å². The Morgan fingerprint density at radius 3 is 2.67 bits per heavy atom. The van der Waals surface area contributed by atoms with E-state index in [9.17, 15) is 5.11 Å². The number of rotatable bonds is 2. The number of hydrogen-bond donors (Lipinski definition) is 1. The van der Waals surface area contributed by atoms with Crippen LogP contribution in [0.1, 0.15) is 37.7 Å². The summed E-state index contributed by atoms with van der Waals surface area (Å²) in [5.41, 5.74) is 1.25. The first kappa shape index (κ1) is 12.0. The van der Waals surface area contributed by atoms with Crippen molar-refractivity contribution in [3.8, 4) is 5.75 Å². The molecule has 1 N–H and O–H groups in total. The standard InChI is InChI=1S/C16H22O2/c17-16(12-6-2-1-3-7-12)14-10-13-8-4-5-9-15(13)18-11-14/h4-5,8-9,12,14,16-17H,1-3,6-7,10-11H2. The van der Waals surface area contributed by atoms with Crippen LogP contribution in [0.4, 0.5) is 0 Å². The Hall–Kier alpha value is -1.02. The predicted octanol–water partition coefficient (Wildman–Crippen LogP) is 3.18. The van der Waals surface area contributed by atoms with Crippen LogP contribution in [0.3, 0.4) is 0 Å². The SMILES string of the molecule is OC(C1CCCCC1)C1COc2ccccc2C1. The van der Waals surface area contributed by atoms with Gasteiger partial charge >= 0.3 is 0 Å². The summed E-state index contributed by atoms with van der Waals surface area (Å²) in [6, 6.07) is 8.21. The lowest BCUT2D eigenvalue weighted by atomic mass is 9.78. The number of aliphatic hydroxyl groups excluding tert-OH is 1. The van der Waals surface area contributed by atoms with E-state index < -0.39 is 0 Å². The van der Waals surface area contributed by atoms with Crippen molar-refractivity contribution in [2.45, 2.75) is 44.6 Å². The highest BCUT2D eigenvalue weighted by atomic mass is 16.5. The molecule has 98 valence electrons. The van der Waals surface area contributed by atoms with Gasteiger partial charge in [-0.3, -0.25) is 0 Å². The number of benzene rings is 1. The average molecular weight is 246 g/mol. The third-order valence-corrected chi connectivity index (χ3v) is 4.52. The number of fused-ring (bicyclic) bond motifs is 1. The van der Waals surface area contributed by atoms with Crippen LogP contribution in [-0.4, -0.2) is 17.8 Å². The maximum Gasteiger partial charge on any atom is 0.122 e. The molecule has 0 radical (unpaired) electrons. The van der Waals surface area contributed by atoms with E-state index in [2.05, 4.69) is 12.1 Å². The van der Waals surface area contributed by atoms with Gasteiger partial charge in [0, 0.05) is 5.92 Å². The predicted molar refractivity (Wildman–Crippen MR) is 71.7 cm³/mol. The van der Waals surface area contributed by atoms with Crippen molar-refractivity contribution < 1.29 is 9.84 Å². The molecule has 2 heteroatoms. The normalized spacial score (nSPS) is 26.2. The van der Waals surface area contributed by atoms with Gasteiger partial charge < -0.3 is 9.84 Å². The van der Waals surface area contributed by atoms with Gasteiger partial charge in [0.15, 0.2) is 0 Å². The smallest absolute Gasteiger partial charge is 0.122 e. The first-order chi connectivity index (χ1) is 8.84. The lowest BCUT2D eigenvalue weighted by molar-refractivity contribution is 0.00802. The number of hydrogen-bond acceptors (Lipinski definition) is 2. The molecule has 1 aliphatic carbocycles. The van der Waals surface area contributed by atoms with E-state index in [1.54, 1.807) is 0 Å². The minimum Gasteiger partial charge on any atom is -0.493 e. The van der Waals surface area contributed by atoms with Crippen LogP contribution in [0.15, 0.2) is 24.3 Å². The topological polar surface area (TPSA) is 29.5 Å². The minimum absolute atomic E-state index is 0.182. The van der Waals surface area contributed by atoms with Gasteiger partial charge in [0.25, 0.3) is 0 Å². The van der Waals surface area contributed by atoms with E-state index in [0.717, 1.165) is 12.2 Å². The minimum atomic E-state index is -0.182. The van der Waals surface area contributed by atoms with Gasteiger partial charge in [-0.2, -0.15) is 0 Å². The number of para-hydroxylation sites is 1. The van der Waals surface area contributed by atoms with Gasteiger partial charge in [0.2, 0.25) is 0 Å². The summed E-state index contributed by atoms with van der Waals surface area (Å²) in [6.07, 6.45) is 7.08. The monoisotopic (exact) mass is 246 g/mol. The fourth-order valence-corrected chi connectivity index (χ4v) is 3.43. The zero-order chi connectivity index (χ0) is 12.4. The molecular formula is C16H22O2. The average Bonchev–Trinajstić information content (AvgIpc) is 2.47. The van der Waals surface area contributed by atoms with E-state index in [0.29, 0.717) is 12.5 Å². The second-order valence-electron chi connectivity index (χ2n) is 5.77. The van der Waals surface area contributed by atoms with E-state index >= 15 is 0 Å². The fraction of sp³-hybridized carbons (Fsp3) is 0.625. The highest BCUT2D eigenvalue weighted by Crippen LogP contribution is 2.34. The Labute approximate surface area is 109 Å². The van der Waals surface area contributed by atoms with Gasteiger partial charge in [-0.25, -0.2) is 0 Å². The van der Waals surface area contributed by atoms with Gasteiger partial charge in [-0.15, -0.1) is 0 Å². The van der Waals surface area contributed by atoms with Crippen molar-refractivity contribution in [3.63, 3.8) is 0 Å². The molecule has 1 saturated carbocycles. The Balaban J connectivity index is 1.67. The summed E-state index contributed by atoms with van der Waals surface area (Å²) < 4.78 is 5.79. The summed E-state index contributed by atoms with van der Waals surface area (Å²) in [5.74, 6) is 1.78. The Kier molecular flexibility index (Phi) is 3.55. The van der Waals surface area contributed by atoms with E-state index in [1.807, 2.05) is 12.1 Å². The molecule has 1 aliphatic heterocycles. The van der Waals surface area contributed by atoms with Crippen molar-refractivity contribution in [2.75, 3.05) is 6.61 Å². The molecule has 2 unspecified atom stereocenters. The zero-order valence-corrected chi connectivity index (χ0v) is 10.8. The Morgan fingerprint density at radius 2 is 1.83 bits per heavy atom. The van der Waals surface area contributed by atoms with Crippen molar-refractivity contribution in [2.24, 2.45) is 11.8 Å². The molecule has 0 spiro atoms. The molecule has 3 rings (SSSR count). The second-order valence-corrected chi connectivity index (χ2v) is 5.77. The third-order valence-electron chi connectivity index (χ3n) is 4.52. The number of aliphatic hydroxyl groups is 1. The summed E-state index contributed by atoms with van der Waals surface area (Å²) in [4.78, 5) is 0. The summed E-state index contributed by atoms with van der Waals surface area (Å²) >= 11 is 0. The summed E-state index contributed by atoms with van der Waals surface area (Å²) in [7, 11) is 0. The highest BCUT2D eigenvalue weighted by Gasteiger charge is 2.32. The summed E-state index contributed by atoms with van der Waals surface area (Å²) in [5, 5.41) is 10.5. The van der Waals surface area contributed by atoms with Crippen molar-refractivity contribution in [1.29, 1.82) is 0 Å². The van der Waals surface area contributed by atoms with Crippen LogP contribution in [0.25, 0.3) is 0 Å². The van der Waals surface area contributed by atoms with E-state index in [-0.39, 0.29) is 12.0 Å².